The van der Waals surface area contributed by atoms with Crippen molar-refractivity contribution < 1.29 is 4.79 Å². The number of hydrogen-bond donors (Lipinski definition) is 1. The highest BCUT2D eigenvalue weighted by Gasteiger charge is 2.26. The molecule has 1 N–H and O–H groups in total. The Balaban J connectivity index is 1.32. The van der Waals surface area contributed by atoms with Crippen LogP contribution in [-0.2, 0) is 11.2 Å². The largest absolute Gasteiger partial charge is 0.355 e. The van der Waals surface area contributed by atoms with E-state index in [9.17, 15) is 4.79 Å². The third-order valence-electron chi connectivity index (χ3n) is 4.66. The Morgan fingerprint density at radius 1 is 1.26 bits per heavy atom. The number of nitrogens with one attached hydrogen (secondary N) is 1. The van der Waals surface area contributed by atoms with Gasteiger partial charge in [0.1, 0.15) is 12.7 Å². The van der Waals surface area contributed by atoms with Crippen molar-refractivity contribution in [1.82, 2.24) is 30.3 Å². The number of amides is 1. The highest BCUT2D eigenvalue weighted by Crippen LogP contribution is 2.21. The van der Waals surface area contributed by atoms with E-state index >= 15 is 0 Å². The molecule has 4 heterocycles. The maximum Gasteiger partial charge on any atom is 0.224 e. The summed E-state index contributed by atoms with van der Waals surface area (Å²) in [5.74, 6) is 1.52. The van der Waals surface area contributed by atoms with Gasteiger partial charge in [0, 0.05) is 24.5 Å². The molecule has 9 heteroatoms. The fourth-order valence-corrected chi connectivity index (χ4v) is 3.95. The lowest BCUT2D eigenvalue weighted by Crippen LogP contribution is -2.43. The molecule has 27 heavy (non-hydrogen) atoms. The summed E-state index contributed by atoms with van der Waals surface area (Å²) in [6, 6.07) is 7.92. The molecule has 1 aliphatic heterocycles. The SMILES string of the molecule is O=C(NCCc1cccs1)[C@H]1CCCN(c2ccc(-n3cncn3)nn2)C1. The topological polar surface area (TPSA) is 88.8 Å². The molecule has 0 radical (unpaired) electrons. The first-order chi connectivity index (χ1) is 13.3. The normalized spacial score (nSPS) is 17.0. The minimum atomic E-state index is -0.0149. The molecule has 0 bridgehead atoms. The van der Waals surface area contributed by atoms with Crippen molar-refractivity contribution in [2.45, 2.75) is 19.3 Å². The fraction of sp³-hybridized carbons (Fsp3) is 0.389. The average molecular weight is 383 g/mol. The fourth-order valence-electron chi connectivity index (χ4n) is 3.24. The Morgan fingerprint density at radius 3 is 2.89 bits per heavy atom. The average Bonchev–Trinajstić information content (AvgIpc) is 3.42. The molecule has 3 aromatic heterocycles. The van der Waals surface area contributed by atoms with Crippen LogP contribution < -0.4 is 10.2 Å². The molecule has 8 nitrogen and oxygen atoms in total. The number of thiophene rings is 1. The van der Waals surface area contributed by atoms with Gasteiger partial charge in [-0.3, -0.25) is 4.79 Å². The minimum Gasteiger partial charge on any atom is -0.355 e. The predicted octanol–water partition coefficient (Wildman–Crippen LogP) is 1.69. The van der Waals surface area contributed by atoms with Gasteiger partial charge in [-0.05, 0) is 42.8 Å². The Hall–Kier alpha value is -2.81. The van der Waals surface area contributed by atoms with Crippen molar-refractivity contribution >= 4 is 23.1 Å². The van der Waals surface area contributed by atoms with Gasteiger partial charge < -0.3 is 10.2 Å². The van der Waals surface area contributed by atoms with Gasteiger partial charge in [-0.2, -0.15) is 5.10 Å². The molecular weight excluding hydrogens is 362 g/mol. The van der Waals surface area contributed by atoms with Crippen LogP contribution in [0.15, 0.2) is 42.3 Å². The molecule has 1 fully saturated rings. The molecule has 1 atom stereocenters. The van der Waals surface area contributed by atoms with E-state index in [2.05, 4.69) is 41.9 Å². The molecule has 3 aromatic rings. The Bertz CT molecular complexity index is 848. The van der Waals surface area contributed by atoms with Crippen LogP contribution in [0.4, 0.5) is 5.82 Å². The third kappa shape index (κ3) is 4.30. The molecule has 0 saturated carbocycles. The van der Waals surface area contributed by atoms with Crippen LogP contribution in [0.3, 0.4) is 0 Å². The number of nitrogens with zero attached hydrogens (tertiary/aromatic N) is 6. The second kappa shape index (κ2) is 8.26. The number of piperidine rings is 1. The van der Waals surface area contributed by atoms with Gasteiger partial charge in [0.2, 0.25) is 5.91 Å². The highest BCUT2D eigenvalue weighted by molar-refractivity contribution is 7.09. The lowest BCUT2D eigenvalue weighted by atomic mass is 9.97. The number of carbonyl (C=O) groups is 1. The van der Waals surface area contributed by atoms with E-state index in [1.807, 2.05) is 18.2 Å². The van der Waals surface area contributed by atoms with Crippen molar-refractivity contribution in [3.8, 4) is 5.82 Å². The molecule has 4 rings (SSSR count). The standard InChI is InChI=1S/C18H21N7OS/c26-18(20-8-7-15-4-2-10-27-15)14-3-1-9-24(11-14)16-5-6-17(23-22-16)25-13-19-12-21-25/h2,4-6,10,12-14H,1,3,7-9,11H2,(H,20,26)/t14-/m0/s1. The van der Waals surface area contributed by atoms with Crippen LogP contribution in [0.2, 0.25) is 0 Å². The number of rotatable bonds is 6. The molecular formula is C18H21N7OS. The zero-order valence-electron chi connectivity index (χ0n) is 14.9. The summed E-state index contributed by atoms with van der Waals surface area (Å²) >= 11 is 1.72. The lowest BCUT2D eigenvalue weighted by Gasteiger charge is -2.32. The lowest BCUT2D eigenvalue weighted by molar-refractivity contribution is -0.125. The van der Waals surface area contributed by atoms with Gasteiger partial charge in [-0.15, -0.1) is 21.5 Å². The van der Waals surface area contributed by atoms with Crippen LogP contribution in [0.5, 0.6) is 0 Å². The smallest absolute Gasteiger partial charge is 0.224 e. The van der Waals surface area contributed by atoms with Crippen LogP contribution >= 0.6 is 11.3 Å². The number of hydrogen-bond acceptors (Lipinski definition) is 7. The van der Waals surface area contributed by atoms with E-state index < -0.39 is 0 Å². The van der Waals surface area contributed by atoms with Crippen LogP contribution in [0.1, 0.15) is 17.7 Å². The van der Waals surface area contributed by atoms with Crippen LogP contribution in [-0.4, -0.2) is 50.5 Å². The van der Waals surface area contributed by atoms with Crippen molar-refractivity contribution in [1.29, 1.82) is 0 Å². The van der Waals surface area contributed by atoms with Crippen LogP contribution in [0.25, 0.3) is 5.82 Å². The van der Waals surface area contributed by atoms with Gasteiger partial charge in [0.05, 0.1) is 5.92 Å². The van der Waals surface area contributed by atoms with Crippen molar-refractivity contribution in [3.63, 3.8) is 0 Å². The van der Waals surface area contributed by atoms with E-state index in [0.29, 0.717) is 18.9 Å². The maximum atomic E-state index is 12.5. The second-order valence-corrected chi connectivity index (χ2v) is 7.53. The highest BCUT2D eigenvalue weighted by atomic mass is 32.1. The second-order valence-electron chi connectivity index (χ2n) is 6.50. The van der Waals surface area contributed by atoms with E-state index in [-0.39, 0.29) is 11.8 Å². The zero-order valence-corrected chi connectivity index (χ0v) is 15.7. The minimum absolute atomic E-state index is 0.0149. The molecule has 1 amide bonds. The number of aromatic nitrogens is 5. The monoisotopic (exact) mass is 383 g/mol. The van der Waals surface area contributed by atoms with Crippen molar-refractivity contribution in [2.24, 2.45) is 5.92 Å². The zero-order chi connectivity index (χ0) is 18.5. The Labute approximate surface area is 161 Å². The van der Waals surface area contributed by atoms with Gasteiger partial charge in [-0.1, -0.05) is 6.07 Å². The molecule has 140 valence electrons. The molecule has 1 aliphatic rings. The first kappa shape index (κ1) is 17.6. The van der Waals surface area contributed by atoms with Crippen molar-refractivity contribution in [2.75, 3.05) is 24.5 Å². The van der Waals surface area contributed by atoms with E-state index in [1.54, 1.807) is 22.3 Å². The van der Waals surface area contributed by atoms with Crippen molar-refractivity contribution in [3.05, 3.63) is 47.2 Å². The summed E-state index contributed by atoms with van der Waals surface area (Å²) in [7, 11) is 0. The molecule has 0 spiro atoms. The summed E-state index contributed by atoms with van der Waals surface area (Å²) in [6.07, 6.45) is 5.80. The van der Waals surface area contributed by atoms with Gasteiger partial charge >= 0.3 is 0 Å². The Kier molecular flexibility index (Phi) is 5.38. The molecule has 0 aromatic carbocycles. The van der Waals surface area contributed by atoms with Gasteiger partial charge in [-0.25, -0.2) is 9.67 Å². The molecule has 0 aliphatic carbocycles. The van der Waals surface area contributed by atoms with E-state index in [4.69, 9.17) is 0 Å². The maximum absolute atomic E-state index is 12.5. The quantitative estimate of drug-likeness (QED) is 0.697. The Morgan fingerprint density at radius 2 is 2.15 bits per heavy atom. The van der Waals surface area contributed by atoms with Crippen LogP contribution in [0, 0.1) is 5.92 Å². The first-order valence-corrected chi connectivity index (χ1v) is 9.91. The summed E-state index contributed by atoms with van der Waals surface area (Å²) in [4.78, 5) is 19.9. The predicted molar refractivity (Wildman–Crippen MR) is 103 cm³/mol. The molecule has 1 saturated heterocycles. The summed E-state index contributed by atoms with van der Waals surface area (Å²) in [6.45, 7) is 2.24. The van der Waals surface area contributed by atoms with E-state index in [0.717, 1.165) is 31.6 Å². The van der Waals surface area contributed by atoms with Gasteiger partial charge in [0.15, 0.2) is 11.6 Å². The van der Waals surface area contributed by atoms with E-state index in [1.165, 1.54) is 11.2 Å². The summed E-state index contributed by atoms with van der Waals surface area (Å²) in [5.41, 5.74) is 0. The summed E-state index contributed by atoms with van der Waals surface area (Å²) < 4.78 is 1.57. The number of anilines is 1. The number of carbonyl (C=O) groups excluding carboxylic acids is 1. The first-order valence-electron chi connectivity index (χ1n) is 9.03. The molecule has 0 unspecified atom stereocenters. The third-order valence-corrected chi connectivity index (χ3v) is 5.59. The van der Waals surface area contributed by atoms with Gasteiger partial charge in [0.25, 0.3) is 0 Å². The summed E-state index contributed by atoms with van der Waals surface area (Å²) in [5, 5.41) is 17.7.